The maximum atomic E-state index is 5.53. The van der Waals surface area contributed by atoms with Gasteiger partial charge in [0.25, 0.3) is 0 Å². The fraction of sp³-hybridized carbons (Fsp3) is 0.500. The number of nitrogens with one attached hydrogen (secondary N) is 1. The van der Waals surface area contributed by atoms with E-state index < -0.39 is 0 Å². The van der Waals surface area contributed by atoms with Crippen LogP contribution in [0.25, 0.3) is 10.8 Å². The molecule has 4 heteroatoms. The number of nitrogens with zero attached hydrogens (tertiary/aromatic N) is 1. The normalized spacial score (nSPS) is 12.0. The largest absolute Gasteiger partial charge is 0.444 e. The maximum absolute atomic E-state index is 5.53. The summed E-state index contributed by atoms with van der Waals surface area (Å²) in [6.45, 7) is 9.31. The first-order valence-corrected chi connectivity index (χ1v) is 7.08. The second-order valence-corrected chi connectivity index (χ2v) is 6.54. The molecule has 0 atom stereocenters. The van der Waals surface area contributed by atoms with E-state index in [1.54, 1.807) is 17.6 Å². The monoisotopic (exact) mass is 264 g/mol. The molecule has 2 rings (SSSR count). The van der Waals surface area contributed by atoms with E-state index >= 15 is 0 Å². The maximum Gasteiger partial charge on any atom is 0.236 e. The number of aromatic nitrogens is 1. The molecular formula is C14H20N2OS. The molecule has 98 valence electrons. The number of hydrogen-bond acceptors (Lipinski definition) is 4. The summed E-state index contributed by atoms with van der Waals surface area (Å²) in [6.07, 6.45) is 2.79. The number of rotatable bonds is 4. The summed E-state index contributed by atoms with van der Waals surface area (Å²) in [4.78, 5) is 6.98. The Morgan fingerprint density at radius 1 is 1.33 bits per heavy atom. The Kier molecular flexibility index (Phi) is 3.88. The SMILES string of the molecule is CCc1ccc(-c2nc(CNC(C)(C)C)co2)s1. The highest BCUT2D eigenvalue weighted by molar-refractivity contribution is 7.15. The predicted octanol–water partition coefficient (Wildman–Crippen LogP) is 3.85. The Bertz CT molecular complexity index is 508. The van der Waals surface area contributed by atoms with Crippen molar-refractivity contribution in [1.82, 2.24) is 10.3 Å². The van der Waals surface area contributed by atoms with Crippen LogP contribution in [0, 0.1) is 0 Å². The molecule has 0 radical (unpaired) electrons. The lowest BCUT2D eigenvalue weighted by atomic mass is 10.1. The number of hydrogen-bond donors (Lipinski definition) is 1. The van der Waals surface area contributed by atoms with Crippen LogP contribution >= 0.6 is 11.3 Å². The number of oxazole rings is 1. The smallest absolute Gasteiger partial charge is 0.236 e. The summed E-state index contributed by atoms with van der Waals surface area (Å²) >= 11 is 1.75. The molecular weight excluding hydrogens is 244 g/mol. The summed E-state index contributed by atoms with van der Waals surface area (Å²) in [5.74, 6) is 0.727. The molecule has 0 aliphatic carbocycles. The third kappa shape index (κ3) is 3.43. The standard InChI is InChI=1S/C14H20N2OS/c1-5-11-6-7-12(18-11)13-16-10(9-17-13)8-15-14(2,3)4/h6-7,9,15H,5,8H2,1-4H3. The Hall–Kier alpha value is -1.13. The molecule has 2 heterocycles. The first kappa shape index (κ1) is 13.3. The minimum atomic E-state index is 0.0947. The lowest BCUT2D eigenvalue weighted by Crippen LogP contribution is -2.35. The molecule has 2 aromatic rings. The Labute approximate surface area is 112 Å². The van der Waals surface area contributed by atoms with Crippen molar-refractivity contribution in [2.45, 2.75) is 46.2 Å². The van der Waals surface area contributed by atoms with Crippen LogP contribution in [0.2, 0.25) is 0 Å². The molecule has 0 saturated carbocycles. The molecule has 0 aliphatic rings. The molecule has 0 fully saturated rings. The van der Waals surface area contributed by atoms with E-state index in [1.165, 1.54) is 4.88 Å². The van der Waals surface area contributed by atoms with Crippen LogP contribution in [0.3, 0.4) is 0 Å². The molecule has 0 aromatic carbocycles. The van der Waals surface area contributed by atoms with Gasteiger partial charge in [0, 0.05) is 17.0 Å². The van der Waals surface area contributed by atoms with Crippen molar-refractivity contribution >= 4 is 11.3 Å². The van der Waals surface area contributed by atoms with Crippen molar-refractivity contribution in [1.29, 1.82) is 0 Å². The van der Waals surface area contributed by atoms with Crippen molar-refractivity contribution in [2.24, 2.45) is 0 Å². The highest BCUT2D eigenvalue weighted by Crippen LogP contribution is 2.27. The Morgan fingerprint density at radius 3 is 2.72 bits per heavy atom. The van der Waals surface area contributed by atoms with E-state index in [0.717, 1.165) is 29.4 Å². The zero-order valence-corrected chi connectivity index (χ0v) is 12.2. The summed E-state index contributed by atoms with van der Waals surface area (Å²) in [5.41, 5.74) is 1.05. The molecule has 3 nitrogen and oxygen atoms in total. The van der Waals surface area contributed by atoms with Gasteiger partial charge in [0.2, 0.25) is 5.89 Å². The van der Waals surface area contributed by atoms with E-state index in [4.69, 9.17) is 4.42 Å². The number of aryl methyl sites for hydroxylation is 1. The molecule has 0 saturated heterocycles. The van der Waals surface area contributed by atoms with Gasteiger partial charge in [-0.1, -0.05) is 6.92 Å². The van der Waals surface area contributed by atoms with E-state index in [2.05, 4.69) is 50.1 Å². The first-order chi connectivity index (χ1) is 8.48. The van der Waals surface area contributed by atoms with E-state index in [0.29, 0.717) is 0 Å². The fourth-order valence-corrected chi connectivity index (χ4v) is 2.42. The summed E-state index contributed by atoms with van der Waals surface area (Å²) in [7, 11) is 0. The Balaban J connectivity index is 2.06. The lowest BCUT2D eigenvalue weighted by molar-refractivity contribution is 0.421. The summed E-state index contributed by atoms with van der Waals surface area (Å²) < 4.78 is 5.53. The molecule has 0 bridgehead atoms. The highest BCUT2D eigenvalue weighted by Gasteiger charge is 2.12. The zero-order valence-electron chi connectivity index (χ0n) is 11.4. The van der Waals surface area contributed by atoms with Crippen LogP contribution in [0.4, 0.5) is 0 Å². The van der Waals surface area contributed by atoms with Crippen LogP contribution in [0.5, 0.6) is 0 Å². The van der Waals surface area contributed by atoms with E-state index in [-0.39, 0.29) is 5.54 Å². The minimum Gasteiger partial charge on any atom is -0.444 e. The highest BCUT2D eigenvalue weighted by atomic mass is 32.1. The van der Waals surface area contributed by atoms with Gasteiger partial charge in [-0.15, -0.1) is 11.3 Å². The molecule has 2 aromatic heterocycles. The minimum absolute atomic E-state index is 0.0947. The second-order valence-electron chi connectivity index (χ2n) is 5.37. The van der Waals surface area contributed by atoms with Gasteiger partial charge in [-0.25, -0.2) is 4.98 Å². The van der Waals surface area contributed by atoms with Crippen molar-refractivity contribution in [3.8, 4) is 10.8 Å². The van der Waals surface area contributed by atoms with Gasteiger partial charge in [0.05, 0.1) is 10.6 Å². The molecule has 18 heavy (non-hydrogen) atoms. The van der Waals surface area contributed by atoms with Gasteiger partial charge < -0.3 is 9.73 Å². The second kappa shape index (κ2) is 5.24. The van der Waals surface area contributed by atoms with Crippen molar-refractivity contribution in [3.63, 3.8) is 0 Å². The van der Waals surface area contributed by atoms with Crippen LogP contribution < -0.4 is 5.32 Å². The van der Waals surface area contributed by atoms with Crippen molar-refractivity contribution in [3.05, 3.63) is 29.0 Å². The fourth-order valence-electron chi connectivity index (χ4n) is 1.54. The zero-order chi connectivity index (χ0) is 13.2. The average Bonchev–Trinajstić information content (AvgIpc) is 2.94. The van der Waals surface area contributed by atoms with Crippen LogP contribution in [-0.2, 0) is 13.0 Å². The van der Waals surface area contributed by atoms with Crippen LogP contribution in [-0.4, -0.2) is 10.5 Å². The third-order valence-electron chi connectivity index (χ3n) is 2.57. The van der Waals surface area contributed by atoms with Gasteiger partial charge in [0.1, 0.15) is 6.26 Å². The van der Waals surface area contributed by atoms with Gasteiger partial charge >= 0.3 is 0 Å². The van der Waals surface area contributed by atoms with Crippen LogP contribution in [0.1, 0.15) is 38.3 Å². The van der Waals surface area contributed by atoms with E-state index in [1.807, 2.05) is 0 Å². The molecule has 0 aliphatic heterocycles. The van der Waals surface area contributed by atoms with E-state index in [9.17, 15) is 0 Å². The lowest BCUT2D eigenvalue weighted by Gasteiger charge is -2.19. The van der Waals surface area contributed by atoms with Gasteiger partial charge in [-0.05, 0) is 39.3 Å². The van der Waals surface area contributed by atoms with Crippen molar-refractivity contribution < 1.29 is 4.42 Å². The van der Waals surface area contributed by atoms with Crippen LogP contribution in [0.15, 0.2) is 22.8 Å². The number of thiophene rings is 1. The third-order valence-corrected chi connectivity index (χ3v) is 3.79. The molecule has 0 amide bonds. The van der Waals surface area contributed by atoms with Gasteiger partial charge in [-0.3, -0.25) is 0 Å². The summed E-state index contributed by atoms with van der Waals surface area (Å²) in [6, 6.07) is 4.22. The quantitative estimate of drug-likeness (QED) is 0.911. The molecule has 0 unspecified atom stereocenters. The molecule has 0 spiro atoms. The van der Waals surface area contributed by atoms with Crippen molar-refractivity contribution in [2.75, 3.05) is 0 Å². The van der Waals surface area contributed by atoms with Gasteiger partial charge in [0.15, 0.2) is 0 Å². The predicted molar refractivity (Wildman–Crippen MR) is 75.8 cm³/mol. The topological polar surface area (TPSA) is 38.1 Å². The molecule has 1 N–H and O–H groups in total. The van der Waals surface area contributed by atoms with Gasteiger partial charge in [-0.2, -0.15) is 0 Å². The first-order valence-electron chi connectivity index (χ1n) is 6.26. The average molecular weight is 264 g/mol. The Morgan fingerprint density at radius 2 is 2.11 bits per heavy atom. The summed E-state index contributed by atoms with van der Waals surface area (Å²) in [5, 5.41) is 3.40.